The smallest absolute Gasteiger partial charge is 0.303 e. The molecule has 0 aliphatic carbocycles. The predicted octanol–water partition coefficient (Wildman–Crippen LogP) is 1.25. The van der Waals surface area contributed by atoms with Crippen LogP contribution in [-0.4, -0.2) is 16.1 Å². The third-order valence-corrected chi connectivity index (χ3v) is 2.12. The summed E-state index contributed by atoms with van der Waals surface area (Å²) >= 11 is 0. The topological polar surface area (TPSA) is 76.2 Å². The van der Waals surface area contributed by atoms with E-state index in [4.69, 9.17) is 10.8 Å². The van der Waals surface area contributed by atoms with Crippen molar-refractivity contribution in [3.8, 4) is 0 Å². The molecule has 0 amide bonds. The fourth-order valence-electron chi connectivity index (χ4n) is 1.32. The van der Waals surface area contributed by atoms with Crippen LogP contribution in [0.1, 0.15) is 30.1 Å². The highest BCUT2D eigenvalue weighted by molar-refractivity contribution is 5.66. The maximum absolute atomic E-state index is 10.3. The summed E-state index contributed by atoms with van der Waals surface area (Å²) < 4.78 is 0. The maximum Gasteiger partial charge on any atom is 0.303 e. The van der Waals surface area contributed by atoms with Crippen LogP contribution in [0.3, 0.4) is 0 Å². The molecule has 0 aliphatic heterocycles. The second-order valence-electron chi connectivity index (χ2n) is 3.22. The first-order chi connectivity index (χ1) is 6.61. The zero-order valence-corrected chi connectivity index (χ0v) is 8.10. The minimum atomic E-state index is -0.818. The molecule has 1 atom stereocenters. The average Bonchev–Trinajstić information content (AvgIpc) is 2.15. The Kier molecular flexibility index (Phi) is 3.59. The van der Waals surface area contributed by atoms with Crippen LogP contribution in [0.2, 0.25) is 0 Å². The quantitative estimate of drug-likeness (QED) is 0.756. The second-order valence-corrected chi connectivity index (χ2v) is 3.22. The monoisotopic (exact) mass is 194 g/mol. The van der Waals surface area contributed by atoms with E-state index in [1.165, 1.54) is 0 Å². The van der Waals surface area contributed by atoms with E-state index in [0.29, 0.717) is 6.42 Å². The Morgan fingerprint density at radius 2 is 2.43 bits per heavy atom. The van der Waals surface area contributed by atoms with E-state index < -0.39 is 5.97 Å². The van der Waals surface area contributed by atoms with E-state index in [1.54, 1.807) is 6.20 Å². The zero-order chi connectivity index (χ0) is 10.6. The molecular weight excluding hydrogens is 180 g/mol. The third kappa shape index (κ3) is 2.81. The van der Waals surface area contributed by atoms with Crippen molar-refractivity contribution in [3.63, 3.8) is 0 Å². The first kappa shape index (κ1) is 10.7. The molecule has 1 heterocycles. The predicted molar refractivity (Wildman–Crippen MR) is 52.8 cm³/mol. The van der Waals surface area contributed by atoms with Gasteiger partial charge in [0.25, 0.3) is 0 Å². The summed E-state index contributed by atoms with van der Waals surface area (Å²) in [5.74, 6) is -0.818. The molecule has 0 fully saturated rings. The Morgan fingerprint density at radius 1 is 1.71 bits per heavy atom. The van der Waals surface area contributed by atoms with E-state index in [-0.39, 0.29) is 12.5 Å². The van der Waals surface area contributed by atoms with Gasteiger partial charge in [0, 0.05) is 24.4 Å². The van der Waals surface area contributed by atoms with Gasteiger partial charge in [0.15, 0.2) is 0 Å². The van der Waals surface area contributed by atoms with Gasteiger partial charge in [0.1, 0.15) is 0 Å². The van der Waals surface area contributed by atoms with Crippen LogP contribution in [0, 0.1) is 6.92 Å². The van der Waals surface area contributed by atoms with Crippen LogP contribution < -0.4 is 5.73 Å². The van der Waals surface area contributed by atoms with E-state index in [9.17, 15) is 4.79 Å². The zero-order valence-electron chi connectivity index (χ0n) is 8.10. The number of aliphatic carboxylic acids is 1. The van der Waals surface area contributed by atoms with Crippen LogP contribution in [0.5, 0.6) is 0 Å². The highest BCUT2D eigenvalue weighted by atomic mass is 16.4. The molecule has 0 unspecified atom stereocenters. The first-order valence-corrected chi connectivity index (χ1v) is 4.50. The Bertz CT molecular complexity index is 326. The molecule has 0 radical (unpaired) electrons. The average molecular weight is 194 g/mol. The molecule has 1 aromatic heterocycles. The van der Waals surface area contributed by atoms with Crippen molar-refractivity contribution in [1.82, 2.24) is 4.98 Å². The van der Waals surface area contributed by atoms with Crippen molar-refractivity contribution in [1.29, 1.82) is 0 Å². The Labute approximate surface area is 82.8 Å². The number of aromatic nitrogens is 1. The Hall–Kier alpha value is -1.42. The van der Waals surface area contributed by atoms with Gasteiger partial charge in [-0.3, -0.25) is 9.78 Å². The van der Waals surface area contributed by atoms with Gasteiger partial charge >= 0.3 is 5.97 Å². The Morgan fingerprint density at radius 3 is 3.00 bits per heavy atom. The number of carboxylic acid groups (broad SMARTS) is 1. The number of carboxylic acids is 1. The number of aryl methyl sites for hydroxylation is 1. The summed E-state index contributed by atoms with van der Waals surface area (Å²) in [6.45, 7) is 1.87. The lowest BCUT2D eigenvalue weighted by Crippen LogP contribution is -2.14. The lowest BCUT2D eigenvalue weighted by Gasteiger charge is -2.12. The highest BCUT2D eigenvalue weighted by Crippen LogP contribution is 2.17. The SMILES string of the molecule is Cc1ncccc1[C@H](N)CCC(=O)O. The van der Waals surface area contributed by atoms with Gasteiger partial charge in [-0.25, -0.2) is 0 Å². The van der Waals surface area contributed by atoms with Gasteiger partial charge < -0.3 is 10.8 Å². The lowest BCUT2D eigenvalue weighted by atomic mass is 10.0. The molecule has 0 spiro atoms. The van der Waals surface area contributed by atoms with Crippen LogP contribution in [0.25, 0.3) is 0 Å². The molecule has 0 saturated heterocycles. The largest absolute Gasteiger partial charge is 0.481 e. The van der Waals surface area contributed by atoms with Gasteiger partial charge in [-0.05, 0) is 25.0 Å². The van der Waals surface area contributed by atoms with Crippen molar-refractivity contribution in [2.24, 2.45) is 5.73 Å². The standard InChI is InChI=1S/C10H14N2O2/c1-7-8(3-2-6-12-7)9(11)4-5-10(13)14/h2-3,6,9H,4-5,11H2,1H3,(H,13,14)/t9-/m1/s1. The normalized spacial score (nSPS) is 12.4. The molecular formula is C10H14N2O2. The van der Waals surface area contributed by atoms with Crippen molar-refractivity contribution < 1.29 is 9.90 Å². The molecule has 0 aliphatic rings. The molecule has 1 rings (SSSR count). The number of hydrogen-bond acceptors (Lipinski definition) is 3. The maximum atomic E-state index is 10.3. The minimum absolute atomic E-state index is 0.0928. The van der Waals surface area contributed by atoms with Crippen molar-refractivity contribution in [2.45, 2.75) is 25.8 Å². The number of hydrogen-bond donors (Lipinski definition) is 2. The minimum Gasteiger partial charge on any atom is -0.481 e. The molecule has 76 valence electrons. The van der Waals surface area contributed by atoms with Gasteiger partial charge in [0.2, 0.25) is 0 Å². The van der Waals surface area contributed by atoms with Crippen molar-refractivity contribution in [2.75, 3.05) is 0 Å². The fourth-order valence-corrected chi connectivity index (χ4v) is 1.32. The molecule has 4 heteroatoms. The van der Waals surface area contributed by atoms with E-state index in [1.807, 2.05) is 19.1 Å². The van der Waals surface area contributed by atoms with Crippen molar-refractivity contribution in [3.05, 3.63) is 29.6 Å². The van der Waals surface area contributed by atoms with Crippen LogP contribution >= 0.6 is 0 Å². The van der Waals surface area contributed by atoms with Crippen LogP contribution in [0.4, 0.5) is 0 Å². The summed E-state index contributed by atoms with van der Waals surface area (Å²) in [6.07, 6.45) is 2.24. The van der Waals surface area contributed by atoms with E-state index in [0.717, 1.165) is 11.3 Å². The van der Waals surface area contributed by atoms with Crippen LogP contribution in [-0.2, 0) is 4.79 Å². The molecule has 0 aromatic carbocycles. The summed E-state index contributed by atoms with van der Waals surface area (Å²) in [6, 6.07) is 3.46. The molecule has 14 heavy (non-hydrogen) atoms. The van der Waals surface area contributed by atoms with Crippen molar-refractivity contribution >= 4 is 5.97 Å². The van der Waals surface area contributed by atoms with Crippen LogP contribution in [0.15, 0.2) is 18.3 Å². The first-order valence-electron chi connectivity index (χ1n) is 4.50. The molecule has 1 aromatic rings. The second kappa shape index (κ2) is 4.72. The van der Waals surface area contributed by atoms with Gasteiger partial charge in [-0.1, -0.05) is 6.07 Å². The number of carbonyl (C=O) groups is 1. The summed E-state index contributed by atoms with van der Waals surface area (Å²) in [5, 5.41) is 8.51. The van der Waals surface area contributed by atoms with Gasteiger partial charge in [-0.15, -0.1) is 0 Å². The van der Waals surface area contributed by atoms with Gasteiger partial charge in [-0.2, -0.15) is 0 Å². The summed E-state index contributed by atoms with van der Waals surface area (Å²) in [7, 11) is 0. The van der Waals surface area contributed by atoms with E-state index in [2.05, 4.69) is 4.98 Å². The number of pyridine rings is 1. The molecule has 0 saturated carbocycles. The lowest BCUT2D eigenvalue weighted by molar-refractivity contribution is -0.137. The summed E-state index contributed by atoms with van der Waals surface area (Å²) in [5.41, 5.74) is 7.63. The number of nitrogens with zero attached hydrogens (tertiary/aromatic N) is 1. The summed E-state index contributed by atoms with van der Waals surface area (Å²) in [4.78, 5) is 14.4. The van der Waals surface area contributed by atoms with Gasteiger partial charge in [0.05, 0.1) is 0 Å². The molecule has 4 nitrogen and oxygen atoms in total. The molecule has 0 bridgehead atoms. The number of nitrogens with two attached hydrogens (primary N) is 1. The fraction of sp³-hybridized carbons (Fsp3) is 0.400. The number of rotatable bonds is 4. The molecule has 3 N–H and O–H groups in total. The highest BCUT2D eigenvalue weighted by Gasteiger charge is 2.10. The Balaban J connectivity index is 2.65. The third-order valence-electron chi connectivity index (χ3n) is 2.12. The van der Waals surface area contributed by atoms with E-state index >= 15 is 0 Å².